The maximum atomic E-state index is 12.7. The van der Waals surface area contributed by atoms with Gasteiger partial charge >= 0.3 is 0 Å². The van der Waals surface area contributed by atoms with E-state index in [1.54, 1.807) is 24.3 Å². The van der Waals surface area contributed by atoms with Gasteiger partial charge in [0.2, 0.25) is 5.43 Å². The summed E-state index contributed by atoms with van der Waals surface area (Å²) < 4.78 is 1.24. The van der Waals surface area contributed by atoms with Crippen molar-refractivity contribution in [2.75, 3.05) is 6.54 Å². The van der Waals surface area contributed by atoms with Gasteiger partial charge in [-0.25, -0.2) is 9.67 Å². The lowest BCUT2D eigenvalue weighted by Gasteiger charge is -2.11. The smallest absolute Gasteiger partial charge is 0.294 e. The van der Waals surface area contributed by atoms with E-state index in [-0.39, 0.29) is 17.1 Å². The van der Waals surface area contributed by atoms with E-state index in [0.717, 1.165) is 21.8 Å². The summed E-state index contributed by atoms with van der Waals surface area (Å²) in [5.41, 5.74) is 2.49. The van der Waals surface area contributed by atoms with E-state index in [1.165, 1.54) is 28.9 Å². The maximum absolute atomic E-state index is 12.7. The summed E-state index contributed by atoms with van der Waals surface area (Å²) in [4.78, 5) is 40.4. The first kappa shape index (κ1) is 23.0. The second kappa shape index (κ2) is 9.75. The fraction of sp³-hybridized carbons (Fsp3) is 0.167. The number of thiazole rings is 1. The third kappa shape index (κ3) is 4.91. The van der Waals surface area contributed by atoms with Crippen molar-refractivity contribution in [2.24, 2.45) is 0 Å². The highest BCUT2D eigenvalue weighted by atomic mass is 32.1. The van der Waals surface area contributed by atoms with Crippen LogP contribution in [-0.2, 0) is 6.42 Å². The number of hydrogen-bond acceptors (Lipinski definition) is 7. The highest BCUT2D eigenvalue weighted by Gasteiger charge is 2.20. The highest BCUT2D eigenvalue weighted by molar-refractivity contribution is 7.09. The average molecular weight is 476 g/mol. The molecule has 0 aliphatic heterocycles. The van der Waals surface area contributed by atoms with Crippen LogP contribution < -0.4 is 10.7 Å². The number of aromatic nitrogens is 3. The predicted molar refractivity (Wildman–Crippen MR) is 130 cm³/mol. The number of hydrogen-bond donors (Lipinski definition) is 1. The molecular formula is C24H21N5O4S. The summed E-state index contributed by atoms with van der Waals surface area (Å²) in [5.74, 6) is -0.632. The van der Waals surface area contributed by atoms with Gasteiger partial charge < -0.3 is 5.32 Å². The number of amides is 1. The van der Waals surface area contributed by atoms with Crippen molar-refractivity contribution in [3.63, 3.8) is 0 Å². The maximum Gasteiger partial charge on any atom is 0.294 e. The number of nitrogens with one attached hydrogen (secondary N) is 1. The van der Waals surface area contributed by atoms with Gasteiger partial charge in [0.15, 0.2) is 5.69 Å². The minimum Gasteiger partial charge on any atom is -0.350 e. The van der Waals surface area contributed by atoms with Crippen molar-refractivity contribution in [1.82, 2.24) is 20.1 Å². The van der Waals surface area contributed by atoms with Gasteiger partial charge in [-0.1, -0.05) is 36.4 Å². The molecule has 2 aromatic heterocycles. The molecule has 34 heavy (non-hydrogen) atoms. The van der Waals surface area contributed by atoms with Crippen molar-refractivity contribution in [2.45, 2.75) is 20.3 Å². The summed E-state index contributed by atoms with van der Waals surface area (Å²) in [6.07, 6.45) is 0.562. The SMILES string of the molecule is Cc1nc(-c2ccc(CCNC(=O)c3nn(-c4ccccc4[N+](=O)[O-])c(C)cc3=O)cc2)cs1. The van der Waals surface area contributed by atoms with E-state index in [4.69, 9.17) is 0 Å². The van der Waals surface area contributed by atoms with E-state index in [0.29, 0.717) is 18.7 Å². The lowest BCUT2D eigenvalue weighted by atomic mass is 10.1. The van der Waals surface area contributed by atoms with Gasteiger partial charge in [-0.05, 0) is 31.9 Å². The molecule has 0 spiro atoms. The quantitative estimate of drug-likeness (QED) is 0.320. The molecule has 0 saturated carbocycles. The van der Waals surface area contributed by atoms with Gasteiger partial charge in [0.25, 0.3) is 11.6 Å². The first-order valence-corrected chi connectivity index (χ1v) is 11.4. The molecule has 0 saturated heterocycles. The zero-order valence-corrected chi connectivity index (χ0v) is 19.3. The Labute approximate surface area is 198 Å². The van der Waals surface area contributed by atoms with E-state index < -0.39 is 16.3 Å². The number of nitrogens with zero attached hydrogens (tertiary/aromatic N) is 4. The lowest BCUT2D eigenvalue weighted by molar-refractivity contribution is -0.384. The molecule has 4 aromatic rings. The molecule has 0 atom stereocenters. The molecule has 2 aromatic carbocycles. The van der Waals surface area contributed by atoms with Gasteiger partial charge in [-0.3, -0.25) is 19.7 Å². The second-order valence-corrected chi connectivity index (χ2v) is 8.67. The Bertz CT molecular complexity index is 1430. The van der Waals surface area contributed by atoms with Crippen LogP contribution in [-0.4, -0.2) is 32.1 Å². The van der Waals surface area contributed by atoms with E-state index in [1.807, 2.05) is 36.6 Å². The standard InChI is InChI=1S/C24H21N5O4S/c1-15-13-22(30)23(27-28(15)20-5-3-4-6-21(20)29(32)33)24(31)25-12-11-17-7-9-18(10-8-17)19-14-34-16(2)26-19/h3-10,13-14H,11-12H2,1-2H3,(H,25,31). The van der Waals surface area contributed by atoms with E-state index in [9.17, 15) is 19.7 Å². The minimum absolute atomic E-state index is 0.175. The minimum atomic E-state index is -0.632. The van der Waals surface area contributed by atoms with Crippen molar-refractivity contribution < 1.29 is 9.72 Å². The Morgan fingerprint density at radius 2 is 1.88 bits per heavy atom. The average Bonchev–Trinajstić information content (AvgIpc) is 3.26. The van der Waals surface area contributed by atoms with Gasteiger partial charge in [-0.15, -0.1) is 11.3 Å². The van der Waals surface area contributed by atoms with E-state index >= 15 is 0 Å². The Balaban J connectivity index is 1.47. The first-order chi connectivity index (χ1) is 16.3. The number of para-hydroxylation sites is 2. The molecule has 4 rings (SSSR count). The molecule has 1 amide bonds. The van der Waals surface area contributed by atoms with Gasteiger partial charge in [0, 0.05) is 35.3 Å². The highest BCUT2D eigenvalue weighted by Crippen LogP contribution is 2.23. The molecule has 2 heterocycles. The lowest BCUT2D eigenvalue weighted by Crippen LogP contribution is -2.33. The topological polar surface area (TPSA) is 120 Å². The summed E-state index contributed by atoms with van der Waals surface area (Å²) in [7, 11) is 0. The molecule has 0 bridgehead atoms. The van der Waals surface area contributed by atoms with Crippen LogP contribution >= 0.6 is 11.3 Å². The molecule has 172 valence electrons. The number of nitro benzene ring substituents is 1. The Hall–Kier alpha value is -4.18. The van der Waals surface area contributed by atoms with Crippen LogP contribution in [0.25, 0.3) is 16.9 Å². The largest absolute Gasteiger partial charge is 0.350 e. The van der Waals surface area contributed by atoms with Crippen LogP contribution in [0.5, 0.6) is 0 Å². The number of rotatable bonds is 7. The van der Waals surface area contributed by atoms with Crippen molar-refractivity contribution in [3.05, 3.63) is 102 Å². The number of nitro groups is 1. The van der Waals surface area contributed by atoms with Crippen LogP contribution in [0.2, 0.25) is 0 Å². The second-order valence-electron chi connectivity index (χ2n) is 7.61. The van der Waals surface area contributed by atoms with Crippen molar-refractivity contribution in [3.8, 4) is 16.9 Å². The summed E-state index contributed by atoms with van der Waals surface area (Å²) in [6.45, 7) is 3.86. The Morgan fingerprint density at radius 3 is 2.56 bits per heavy atom. The number of carbonyl (C=O) groups excluding carboxylic acids is 1. The first-order valence-electron chi connectivity index (χ1n) is 10.5. The molecule has 9 nitrogen and oxygen atoms in total. The van der Waals surface area contributed by atoms with Crippen LogP contribution in [0.15, 0.2) is 64.8 Å². The molecule has 0 radical (unpaired) electrons. The molecule has 0 aliphatic carbocycles. The van der Waals surface area contributed by atoms with Crippen molar-refractivity contribution in [1.29, 1.82) is 0 Å². The monoisotopic (exact) mass is 475 g/mol. The number of aryl methyl sites for hydroxylation is 2. The summed E-state index contributed by atoms with van der Waals surface area (Å²) >= 11 is 1.60. The summed E-state index contributed by atoms with van der Waals surface area (Å²) in [5, 5.41) is 21.3. The fourth-order valence-electron chi connectivity index (χ4n) is 3.49. The third-order valence-electron chi connectivity index (χ3n) is 5.20. The molecule has 0 fully saturated rings. The number of carbonyl (C=O) groups is 1. The van der Waals surface area contributed by atoms with Gasteiger partial charge in [-0.2, -0.15) is 5.10 Å². The molecule has 0 aliphatic rings. The third-order valence-corrected chi connectivity index (χ3v) is 5.97. The zero-order chi connectivity index (χ0) is 24.2. The van der Waals surface area contributed by atoms with E-state index in [2.05, 4.69) is 15.4 Å². The van der Waals surface area contributed by atoms with Gasteiger partial charge in [0.05, 0.1) is 15.6 Å². The van der Waals surface area contributed by atoms with Crippen LogP contribution in [0.1, 0.15) is 26.8 Å². The molecule has 0 unspecified atom stereocenters. The summed E-state index contributed by atoms with van der Waals surface area (Å²) in [6, 6.07) is 15.2. The normalized spacial score (nSPS) is 10.8. The predicted octanol–water partition coefficient (Wildman–Crippen LogP) is 3.85. The molecule has 1 N–H and O–H groups in total. The number of benzene rings is 2. The van der Waals surface area contributed by atoms with Crippen LogP contribution in [0.4, 0.5) is 5.69 Å². The van der Waals surface area contributed by atoms with Crippen molar-refractivity contribution >= 4 is 22.9 Å². The Morgan fingerprint density at radius 1 is 1.15 bits per heavy atom. The molecule has 10 heteroatoms. The van der Waals surface area contributed by atoms with Gasteiger partial charge in [0.1, 0.15) is 5.69 Å². The Kier molecular flexibility index (Phi) is 6.60. The molecular weight excluding hydrogens is 454 g/mol. The zero-order valence-electron chi connectivity index (χ0n) is 18.5. The van der Waals surface area contributed by atoms with Crippen LogP contribution in [0.3, 0.4) is 0 Å². The fourth-order valence-corrected chi connectivity index (χ4v) is 4.11. The van der Waals surface area contributed by atoms with Crippen LogP contribution in [0, 0.1) is 24.0 Å².